The molecular formula is C22H29N3O4. The number of nitrogens with one attached hydrogen (secondary N) is 2. The van der Waals surface area contributed by atoms with E-state index in [2.05, 4.69) is 10.3 Å². The molecule has 1 aromatic carbocycles. The van der Waals surface area contributed by atoms with Crippen LogP contribution in [0.25, 0.3) is 0 Å². The maximum atomic E-state index is 12.5. The zero-order valence-electron chi connectivity index (χ0n) is 17.1. The topological polar surface area (TPSA) is 83.7 Å². The van der Waals surface area contributed by atoms with Gasteiger partial charge in [0, 0.05) is 43.9 Å². The number of ether oxygens (including phenoxy) is 2. The van der Waals surface area contributed by atoms with Gasteiger partial charge in [-0.25, -0.2) is 0 Å². The highest BCUT2D eigenvalue weighted by molar-refractivity contribution is 5.92. The van der Waals surface area contributed by atoms with Crippen LogP contribution in [0.15, 0.2) is 36.5 Å². The number of hydrogen-bond acceptors (Lipinski definition) is 4. The fraction of sp³-hybridized carbons (Fsp3) is 0.455. The molecule has 0 spiro atoms. The van der Waals surface area contributed by atoms with Crippen molar-refractivity contribution in [1.82, 2.24) is 15.2 Å². The second kappa shape index (κ2) is 10.0. The smallest absolute Gasteiger partial charge is 0.270 e. The lowest BCUT2D eigenvalue weighted by molar-refractivity contribution is -0.121. The van der Waals surface area contributed by atoms with Gasteiger partial charge in [-0.15, -0.1) is 0 Å². The molecule has 7 heteroatoms. The molecule has 0 radical (unpaired) electrons. The summed E-state index contributed by atoms with van der Waals surface area (Å²) in [4.78, 5) is 29.7. The molecular weight excluding hydrogens is 370 g/mol. The number of likely N-dealkylation sites (tertiary alicyclic amines) is 1. The first kappa shape index (κ1) is 20.8. The fourth-order valence-electron chi connectivity index (χ4n) is 3.73. The average molecular weight is 399 g/mol. The Labute approximate surface area is 171 Å². The monoisotopic (exact) mass is 399 g/mol. The number of hydrogen-bond donors (Lipinski definition) is 2. The first-order chi connectivity index (χ1) is 14.1. The summed E-state index contributed by atoms with van der Waals surface area (Å²) >= 11 is 0. The lowest BCUT2D eigenvalue weighted by atomic mass is 9.93. The number of amides is 2. The Balaban J connectivity index is 1.45. The van der Waals surface area contributed by atoms with Gasteiger partial charge in [-0.1, -0.05) is 0 Å². The third-order valence-electron chi connectivity index (χ3n) is 5.38. The first-order valence-electron chi connectivity index (χ1n) is 10.0. The molecule has 1 fully saturated rings. The molecule has 1 saturated heterocycles. The van der Waals surface area contributed by atoms with Crippen LogP contribution in [0.4, 0.5) is 0 Å². The summed E-state index contributed by atoms with van der Waals surface area (Å²) in [5.74, 6) is 1.80. The number of nitrogens with zero attached hydrogens (tertiary/aromatic N) is 1. The predicted octanol–water partition coefficient (Wildman–Crippen LogP) is 2.98. The Morgan fingerprint density at radius 3 is 2.83 bits per heavy atom. The summed E-state index contributed by atoms with van der Waals surface area (Å²) in [5.41, 5.74) is 1.53. The molecule has 0 bridgehead atoms. The van der Waals surface area contributed by atoms with Gasteiger partial charge < -0.3 is 24.7 Å². The summed E-state index contributed by atoms with van der Waals surface area (Å²) in [7, 11) is 3.21. The molecule has 29 heavy (non-hydrogen) atoms. The molecule has 3 rings (SSSR count). The van der Waals surface area contributed by atoms with Crippen LogP contribution in [-0.2, 0) is 11.3 Å². The van der Waals surface area contributed by atoms with Crippen molar-refractivity contribution < 1.29 is 19.1 Å². The molecule has 1 aromatic heterocycles. The van der Waals surface area contributed by atoms with Gasteiger partial charge in [-0.3, -0.25) is 9.59 Å². The average Bonchev–Trinajstić information content (AvgIpc) is 3.30. The third-order valence-corrected chi connectivity index (χ3v) is 5.38. The maximum Gasteiger partial charge on any atom is 0.270 e. The molecule has 2 heterocycles. The summed E-state index contributed by atoms with van der Waals surface area (Å²) in [6.07, 6.45) is 5.01. The Hall–Kier alpha value is -2.96. The minimum atomic E-state index is 0.00990. The van der Waals surface area contributed by atoms with Gasteiger partial charge in [-0.05, 0) is 49.4 Å². The van der Waals surface area contributed by atoms with Crippen LogP contribution < -0.4 is 14.8 Å². The molecule has 2 aromatic rings. The van der Waals surface area contributed by atoms with Gasteiger partial charge in [0.25, 0.3) is 5.91 Å². The number of aromatic nitrogens is 1. The van der Waals surface area contributed by atoms with E-state index >= 15 is 0 Å². The predicted molar refractivity (Wildman–Crippen MR) is 110 cm³/mol. The summed E-state index contributed by atoms with van der Waals surface area (Å²) in [6.45, 7) is 1.89. The quantitative estimate of drug-likeness (QED) is 0.715. The van der Waals surface area contributed by atoms with E-state index in [0.717, 1.165) is 31.4 Å². The summed E-state index contributed by atoms with van der Waals surface area (Å²) < 4.78 is 10.6. The van der Waals surface area contributed by atoms with Crippen molar-refractivity contribution in [3.05, 3.63) is 47.8 Å². The van der Waals surface area contributed by atoms with Crippen molar-refractivity contribution in [2.45, 2.75) is 32.2 Å². The van der Waals surface area contributed by atoms with E-state index in [9.17, 15) is 9.59 Å². The lowest BCUT2D eigenvalue weighted by Gasteiger charge is -2.32. The van der Waals surface area contributed by atoms with Crippen LogP contribution in [0.1, 0.15) is 41.7 Å². The zero-order valence-corrected chi connectivity index (χ0v) is 17.1. The van der Waals surface area contributed by atoms with Crippen LogP contribution >= 0.6 is 0 Å². The SMILES string of the molecule is COc1ccc(CNC(=O)CC[C@@H]2CCCN(C(=O)c3ccc[nH]3)C2)c(OC)c1. The zero-order chi connectivity index (χ0) is 20.6. The van der Waals surface area contributed by atoms with Crippen LogP contribution in [0.5, 0.6) is 11.5 Å². The van der Waals surface area contributed by atoms with Gasteiger partial charge in [0.15, 0.2) is 0 Å². The molecule has 0 unspecified atom stereocenters. The highest BCUT2D eigenvalue weighted by Crippen LogP contribution is 2.25. The Morgan fingerprint density at radius 1 is 1.24 bits per heavy atom. The van der Waals surface area contributed by atoms with Crippen molar-refractivity contribution in [2.75, 3.05) is 27.3 Å². The molecule has 7 nitrogen and oxygen atoms in total. The Kier molecular flexibility index (Phi) is 7.16. The number of benzene rings is 1. The van der Waals surface area contributed by atoms with Crippen molar-refractivity contribution in [3.8, 4) is 11.5 Å². The van der Waals surface area contributed by atoms with Crippen molar-refractivity contribution in [1.29, 1.82) is 0 Å². The van der Waals surface area contributed by atoms with Gasteiger partial charge in [0.1, 0.15) is 17.2 Å². The lowest BCUT2D eigenvalue weighted by Crippen LogP contribution is -2.40. The van der Waals surface area contributed by atoms with E-state index in [0.29, 0.717) is 42.6 Å². The number of carbonyl (C=O) groups is 2. The summed E-state index contributed by atoms with van der Waals surface area (Å²) in [6, 6.07) is 9.17. The number of rotatable bonds is 8. The molecule has 1 aliphatic rings. The van der Waals surface area contributed by atoms with Crippen LogP contribution in [0, 0.1) is 5.92 Å². The minimum absolute atomic E-state index is 0.00990. The Bertz CT molecular complexity index is 819. The second-order valence-electron chi connectivity index (χ2n) is 7.34. The van der Waals surface area contributed by atoms with E-state index in [1.807, 2.05) is 23.1 Å². The third kappa shape index (κ3) is 5.53. The van der Waals surface area contributed by atoms with Crippen LogP contribution in [0.3, 0.4) is 0 Å². The van der Waals surface area contributed by atoms with E-state index in [1.54, 1.807) is 32.5 Å². The first-order valence-corrected chi connectivity index (χ1v) is 10.0. The molecule has 0 aliphatic carbocycles. The van der Waals surface area contributed by atoms with Gasteiger partial charge in [0.05, 0.1) is 14.2 Å². The highest BCUT2D eigenvalue weighted by atomic mass is 16.5. The van der Waals surface area contributed by atoms with E-state index in [1.165, 1.54) is 0 Å². The van der Waals surface area contributed by atoms with Crippen LogP contribution in [-0.4, -0.2) is 49.0 Å². The number of aromatic amines is 1. The molecule has 2 amide bonds. The van der Waals surface area contributed by atoms with Gasteiger partial charge >= 0.3 is 0 Å². The molecule has 156 valence electrons. The summed E-state index contributed by atoms with van der Waals surface area (Å²) in [5, 5.41) is 2.96. The Morgan fingerprint density at radius 2 is 2.10 bits per heavy atom. The molecule has 0 saturated carbocycles. The fourth-order valence-corrected chi connectivity index (χ4v) is 3.73. The van der Waals surface area contributed by atoms with Gasteiger partial charge in [-0.2, -0.15) is 0 Å². The van der Waals surface area contributed by atoms with E-state index < -0.39 is 0 Å². The van der Waals surface area contributed by atoms with Crippen molar-refractivity contribution >= 4 is 11.8 Å². The van der Waals surface area contributed by atoms with Crippen molar-refractivity contribution in [3.63, 3.8) is 0 Å². The molecule has 1 aliphatic heterocycles. The maximum absolute atomic E-state index is 12.5. The van der Waals surface area contributed by atoms with E-state index in [-0.39, 0.29) is 11.8 Å². The molecule has 2 N–H and O–H groups in total. The largest absolute Gasteiger partial charge is 0.497 e. The second-order valence-corrected chi connectivity index (χ2v) is 7.34. The van der Waals surface area contributed by atoms with E-state index in [4.69, 9.17) is 9.47 Å². The standard InChI is InChI=1S/C22H29N3O4/c1-28-18-9-8-17(20(13-18)29-2)14-24-21(26)10-7-16-5-4-12-25(15-16)22(27)19-6-3-11-23-19/h3,6,8-9,11,13,16,23H,4-5,7,10,12,14-15H2,1-2H3,(H,24,26)/t16-/m0/s1. The molecule has 1 atom stereocenters. The van der Waals surface area contributed by atoms with Crippen molar-refractivity contribution in [2.24, 2.45) is 5.92 Å². The number of carbonyl (C=O) groups excluding carboxylic acids is 2. The van der Waals surface area contributed by atoms with Crippen LogP contribution in [0.2, 0.25) is 0 Å². The normalized spacial score (nSPS) is 16.3. The number of methoxy groups -OCH3 is 2. The highest BCUT2D eigenvalue weighted by Gasteiger charge is 2.25. The van der Waals surface area contributed by atoms with Gasteiger partial charge in [0.2, 0.25) is 5.91 Å². The number of piperidine rings is 1. The number of H-pyrrole nitrogens is 1. The minimum Gasteiger partial charge on any atom is -0.497 e.